The van der Waals surface area contributed by atoms with Crippen molar-refractivity contribution in [3.8, 4) is 0 Å². The van der Waals surface area contributed by atoms with Gasteiger partial charge in [-0.15, -0.1) is 0 Å². The molecule has 3 aliphatic rings. The Balaban J connectivity index is 1.61. The summed E-state index contributed by atoms with van der Waals surface area (Å²) >= 11 is 0. The van der Waals surface area contributed by atoms with Crippen LogP contribution in [0.2, 0.25) is 0 Å². The fraction of sp³-hybridized carbons (Fsp3) is 1.00. The topological polar surface area (TPSA) is 23.5 Å². The van der Waals surface area contributed by atoms with E-state index >= 15 is 0 Å². The van der Waals surface area contributed by atoms with E-state index in [-0.39, 0.29) is 6.10 Å². The molecule has 2 aliphatic carbocycles. The molecule has 0 spiro atoms. The third-order valence-corrected chi connectivity index (χ3v) is 5.66. The SMILES string of the molecule is OC1CCCC1C1CCCCN1CC1CCCC1. The van der Waals surface area contributed by atoms with E-state index in [2.05, 4.69) is 4.90 Å². The first kappa shape index (κ1) is 12.9. The average Bonchev–Trinajstić information content (AvgIpc) is 3.02. The Bertz CT molecular complexity index is 262. The molecule has 2 nitrogen and oxygen atoms in total. The lowest BCUT2D eigenvalue weighted by atomic mass is 9.87. The van der Waals surface area contributed by atoms with Crippen molar-refractivity contribution in [3.05, 3.63) is 0 Å². The molecule has 1 aliphatic heterocycles. The summed E-state index contributed by atoms with van der Waals surface area (Å²) in [6.07, 6.45) is 13.5. The number of nitrogens with zero attached hydrogens (tertiary/aromatic N) is 1. The van der Waals surface area contributed by atoms with Gasteiger partial charge in [0.15, 0.2) is 0 Å². The van der Waals surface area contributed by atoms with Gasteiger partial charge in [0, 0.05) is 18.5 Å². The monoisotopic (exact) mass is 251 g/mol. The van der Waals surface area contributed by atoms with Crippen LogP contribution in [0, 0.1) is 11.8 Å². The van der Waals surface area contributed by atoms with E-state index in [0.717, 1.165) is 12.3 Å². The number of hydrogen-bond donors (Lipinski definition) is 1. The Kier molecular flexibility index (Phi) is 4.25. The second-order valence-corrected chi connectivity index (χ2v) is 6.87. The van der Waals surface area contributed by atoms with Crippen molar-refractivity contribution in [1.82, 2.24) is 4.90 Å². The summed E-state index contributed by atoms with van der Waals surface area (Å²) in [4.78, 5) is 2.76. The number of rotatable bonds is 3. The Morgan fingerprint density at radius 1 is 0.833 bits per heavy atom. The van der Waals surface area contributed by atoms with E-state index in [1.54, 1.807) is 0 Å². The van der Waals surface area contributed by atoms with Crippen molar-refractivity contribution < 1.29 is 5.11 Å². The van der Waals surface area contributed by atoms with Crippen LogP contribution in [0.25, 0.3) is 0 Å². The summed E-state index contributed by atoms with van der Waals surface area (Å²) in [5.41, 5.74) is 0. The molecule has 0 aromatic rings. The van der Waals surface area contributed by atoms with Crippen LogP contribution in [-0.4, -0.2) is 35.2 Å². The minimum absolute atomic E-state index is 0.000761. The van der Waals surface area contributed by atoms with Gasteiger partial charge in [0.1, 0.15) is 0 Å². The van der Waals surface area contributed by atoms with E-state index in [1.807, 2.05) is 0 Å². The Labute approximate surface area is 112 Å². The molecule has 2 saturated carbocycles. The van der Waals surface area contributed by atoms with E-state index in [0.29, 0.717) is 12.0 Å². The largest absolute Gasteiger partial charge is 0.393 e. The van der Waals surface area contributed by atoms with Crippen LogP contribution in [0.15, 0.2) is 0 Å². The van der Waals surface area contributed by atoms with Gasteiger partial charge in [0.25, 0.3) is 0 Å². The summed E-state index contributed by atoms with van der Waals surface area (Å²) < 4.78 is 0. The summed E-state index contributed by atoms with van der Waals surface area (Å²) in [6.45, 7) is 2.62. The van der Waals surface area contributed by atoms with E-state index < -0.39 is 0 Å². The normalized spacial score (nSPS) is 39.5. The number of hydrogen-bond acceptors (Lipinski definition) is 2. The molecule has 3 fully saturated rings. The minimum Gasteiger partial charge on any atom is -0.393 e. The highest BCUT2D eigenvalue weighted by molar-refractivity contribution is 4.91. The summed E-state index contributed by atoms with van der Waals surface area (Å²) in [5, 5.41) is 10.2. The second kappa shape index (κ2) is 5.92. The maximum atomic E-state index is 10.2. The van der Waals surface area contributed by atoms with Crippen LogP contribution in [-0.2, 0) is 0 Å². The van der Waals surface area contributed by atoms with Crippen LogP contribution in [0.5, 0.6) is 0 Å². The predicted octanol–water partition coefficient (Wildman–Crippen LogP) is 3.19. The smallest absolute Gasteiger partial charge is 0.0583 e. The molecular formula is C16H29NO. The third kappa shape index (κ3) is 2.75. The van der Waals surface area contributed by atoms with Crippen molar-refractivity contribution >= 4 is 0 Å². The quantitative estimate of drug-likeness (QED) is 0.832. The molecular weight excluding hydrogens is 222 g/mol. The van der Waals surface area contributed by atoms with Crippen molar-refractivity contribution in [2.75, 3.05) is 13.1 Å². The molecule has 0 radical (unpaired) electrons. The molecule has 0 aromatic heterocycles. The Hall–Kier alpha value is -0.0800. The molecule has 1 saturated heterocycles. The molecule has 104 valence electrons. The van der Waals surface area contributed by atoms with Gasteiger partial charge in [-0.05, 0) is 51.0 Å². The van der Waals surface area contributed by atoms with E-state index in [9.17, 15) is 5.11 Å². The van der Waals surface area contributed by atoms with Crippen molar-refractivity contribution in [2.24, 2.45) is 11.8 Å². The van der Waals surface area contributed by atoms with Gasteiger partial charge in [-0.1, -0.05) is 25.7 Å². The van der Waals surface area contributed by atoms with E-state index in [1.165, 1.54) is 70.9 Å². The maximum Gasteiger partial charge on any atom is 0.0583 e. The van der Waals surface area contributed by atoms with Crippen molar-refractivity contribution in [1.29, 1.82) is 0 Å². The Morgan fingerprint density at radius 2 is 1.61 bits per heavy atom. The van der Waals surface area contributed by atoms with Gasteiger partial charge >= 0.3 is 0 Å². The molecule has 0 amide bonds. The molecule has 2 heteroatoms. The van der Waals surface area contributed by atoms with Crippen LogP contribution in [0.1, 0.15) is 64.2 Å². The summed E-state index contributed by atoms with van der Waals surface area (Å²) in [7, 11) is 0. The third-order valence-electron chi connectivity index (χ3n) is 5.66. The molecule has 3 unspecified atom stereocenters. The number of aliphatic hydroxyl groups excluding tert-OH is 1. The fourth-order valence-electron chi connectivity index (χ4n) is 4.67. The molecule has 1 N–H and O–H groups in total. The van der Waals surface area contributed by atoms with Crippen LogP contribution >= 0.6 is 0 Å². The minimum atomic E-state index is -0.000761. The van der Waals surface area contributed by atoms with Crippen molar-refractivity contribution in [2.45, 2.75) is 76.4 Å². The van der Waals surface area contributed by atoms with Crippen LogP contribution in [0.4, 0.5) is 0 Å². The highest BCUT2D eigenvalue weighted by atomic mass is 16.3. The van der Waals surface area contributed by atoms with Crippen molar-refractivity contribution in [3.63, 3.8) is 0 Å². The average molecular weight is 251 g/mol. The molecule has 1 heterocycles. The first-order chi connectivity index (χ1) is 8.84. The van der Waals surface area contributed by atoms with E-state index in [4.69, 9.17) is 0 Å². The highest BCUT2D eigenvalue weighted by Gasteiger charge is 2.37. The number of aliphatic hydroxyl groups is 1. The predicted molar refractivity (Wildman–Crippen MR) is 74.5 cm³/mol. The zero-order valence-electron chi connectivity index (χ0n) is 11.7. The number of piperidine rings is 1. The molecule has 18 heavy (non-hydrogen) atoms. The Morgan fingerprint density at radius 3 is 2.33 bits per heavy atom. The maximum absolute atomic E-state index is 10.2. The van der Waals surface area contributed by atoms with Gasteiger partial charge in [-0.2, -0.15) is 0 Å². The van der Waals surface area contributed by atoms with Gasteiger partial charge in [-0.3, -0.25) is 4.90 Å². The van der Waals surface area contributed by atoms with Gasteiger partial charge in [0.05, 0.1) is 6.10 Å². The first-order valence-electron chi connectivity index (χ1n) is 8.27. The zero-order valence-corrected chi connectivity index (χ0v) is 11.7. The summed E-state index contributed by atoms with van der Waals surface area (Å²) in [6, 6.07) is 0.705. The summed E-state index contributed by atoms with van der Waals surface area (Å²) in [5.74, 6) is 1.55. The molecule has 3 atom stereocenters. The zero-order chi connectivity index (χ0) is 12.4. The lowest BCUT2D eigenvalue weighted by Crippen LogP contribution is -2.47. The highest BCUT2D eigenvalue weighted by Crippen LogP contribution is 2.36. The van der Waals surface area contributed by atoms with Gasteiger partial charge in [-0.25, -0.2) is 0 Å². The lowest BCUT2D eigenvalue weighted by Gasteiger charge is -2.41. The van der Waals surface area contributed by atoms with Gasteiger partial charge < -0.3 is 5.11 Å². The molecule has 0 aromatic carbocycles. The standard InChI is InChI=1S/C16H29NO/c18-16-10-5-8-14(16)15-9-3-4-11-17(15)12-13-6-1-2-7-13/h13-16,18H,1-12H2. The van der Waals surface area contributed by atoms with Gasteiger partial charge in [0.2, 0.25) is 0 Å². The number of likely N-dealkylation sites (tertiary alicyclic amines) is 1. The first-order valence-corrected chi connectivity index (χ1v) is 8.27. The lowest BCUT2D eigenvalue weighted by molar-refractivity contribution is 0.0278. The van der Waals surface area contributed by atoms with Crippen LogP contribution in [0.3, 0.4) is 0 Å². The molecule has 3 rings (SSSR count). The fourth-order valence-corrected chi connectivity index (χ4v) is 4.67. The molecule has 0 bridgehead atoms. The van der Waals surface area contributed by atoms with Crippen LogP contribution < -0.4 is 0 Å². The second-order valence-electron chi connectivity index (χ2n) is 6.87.